The van der Waals surface area contributed by atoms with Crippen LogP contribution in [-0.2, 0) is 10.0 Å². The summed E-state index contributed by atoms with van der Waals surface area (Å²) in [5, 5.41) is 9.16. The molecule has 0 aliphatic carbocycles. The van der Waals surface area contributed by atoms with Gasteiger partial charge in [0, 0.05) is 36.9 Å². The summed E-state index contributed by atoms with van der Waals surface area (Å²) in [7, 11) is -3.73. The van der Waals surface area contributed by atoms with Gasteiger partial charge in [-0.2, -0.15) is 0 Å². The van der Waals surface area contributed by atoms with Crippen LogP contribution in [0.25, 0.3) is 10.9 Å². The summed E-state index contributed by atoms with van der Waals surface area (Å²) in [5.41, 5.74) is 1.41. The van der Waals surface area contributed by atoms with Gasteiger partial charge in [0.05, 0.1) is 4.90 Å². The first-order valence-corrected chi connectivity index (χ1v) is 12.4. The lowest BCUT2D eigenvalue weighted by Gasteiger charge is -2.33. The molecule has 2 aromatic carbocycles. The van der Waals surface area contributed by atoms with Gasteiger partial charge in [-0.15, -0.1) is 0 Å². The highest BCUT2D eigenvalue weighted by atomic mass is 32.2. The topological polar surface area (TPSA) is 110 Å². The van der Waals surface area contributed by atoms with Crippen molar-refractivity contribution in [3.8, 4) is 5.75 Å². The summed E-state index contributed by atoms with van der Waals surface area (Å²) in [6.07, 6.45) is 3.91. The standard InChI is InChI=1S/C23H29N5O3S/c1-16(2)15-28-12-10-19(11-13-28)31-21-5-3-4-17-14-25-23(27-22(17)21)26-18-6-8-20(9-7-18)32(24,29)30/h3-9,14,16,19H,10-13,15H2,1-2H3,(H2,24,29,30)(H,25,26,27). The number of likely N-dealkylation sites (tertiary alicyclic amines) is 1. The number of piperidine rings is 1. The minimum atomic E-state index is -3.73. The zero-order valence-corrected chi connectivity index (χ0v) is 19.2. The molecule has 3 aromatic rings. The van der Waals surface area contributed by atoms with Crippen LogP contribution in [0.2, 0.25) is 0 Å². The van der Waals surface area contributed by atoms with Crippen molar-refractivity contribution < 1.29 is 13.2 Å². The van der Waals surface area contributed by atoms with Gasteiger partial charge in [-0.25, -0.2) is 23.5 Å². The molecule has 0 spiro atoms. The molecular weight excluding hydrogens is 426 g/mol. The molecule has 0 radical (unpaired) electrons. The molecule has 8 nitrogen and oxygen atoms in total. The molecule has 1 aliphatic rings. The van der Waals surface area contributed by atoms with Gasteiger partial charge in [0.25, 0.3) is 0 Å². The summed E-state index contributed by atoms with van der Waals surface area (Å²) in [6, 6.07) is 12.0. The predicted molar refractivity (Wildman–Crippen MR) is 126 cm³/mol. The third-order valence-electron chi connectivity index (χ3n) is 5.46. The number of nitrogens with one attached hydrogen (secondary N) is 1. The summed E-state index contributed by atoms with van der Waals surface area (Å²) < 4.78 is 29.2. The van der Waals surface area contributed by atoms with E-state index in [9.17, 15) is 8.42 Å². The first-order valence-electron chi connectivity index (χ1n) is 10.8. The lowest BCUT2D eigenvalue weighted by molar-refractivity contribution is 0.0951. The Morgan fingerprint density at radius 3 is 2.53 bits per heavy atom. The van der Waals surface area contributed by atoms with Gasteiger partial charge >= 0.3 is 0 Å². The van der Waals surface area contributed by atoms with Crippen LogP contribution < -0.4 is 15.2 Å². The molecule has 1 aromatic heterocycles. The van der Waals surface area contributed by atoms with E-state index < -0.39 is 10.0 Å². The van der Waals surface area contributed by atoms with E-state index in [1.54, 1.807) is 18.3 Å². The molecule has 170 valence electrons. The molecular formula is C23H29N5O3S. The largest absolute Gasteiger partial charge is 0.488 e. The van der Waals surface area contributed by atoms with Gasteiger partial charge in [0.1, 0.15) is 17.4 Å². The second-order valence-electron chi connectivity index (χ2n) is 8.59. The van der Waals surface area contributed by atoms with E-state index in [0.29, 0.717) is 17.6 Å². The van der Waals surface area contributed by atoms with E-state index in [4.69, 9.17) is 9.88 Å². The number of anilines is 2. The normalized spacial score (nSPS) is 15.9. The average Bonchev–Trinajstić information content (AvgIpc) is 2.75. The van der Waals surface area contributed by atoms with Crippen LogP contribution in [0.3, 0.4) is 0 Å². The van der Waals surface area contributed by atoms with Crippen molar-refractivity contribution in [2.45, 2.75) is 37.7 Å². The Bertz CT molecular complexity index is 1170. The van der Waals surface area contributed by atoms with Crippen LogP contribution in [0.15, 0.2) is 53.6 Å². The molecule has 0 bridgehead atoms. The zero-order chi connectivity index (χ0) is 22.7. The van der Waals surface area contributed by atoms with Crippen molar-refractivity contribution in [2.75, 3.05) is 25.0 Å². The van der Waals surface area contributed by atoms with Crippen LogP contribution in [0.1, 0.15) is 26.7 Å². The van der Waals surface area contributed by atoms with E-state index in [2.05, 4.69) is 34.0 Å². The highest BCUT2D eigenvalue weighted by Gasteiger charge is 2.22. The Morgan fingerprint density at radius 1 is 1.16 bits per heavy atom. The molecule has 1 fully saturated rings. The van der Waals surface area contributed by atoms with Gasteiger partial charge in [0.15, 0.2) is 0 Å². The number of hydrogen-bond donors (Lipinski definition) is 2. The minimum absolute atomic E-state index is 0.0533. The van der Waals surface area contributed by atoms with Crippen molar-refractivity contribution in [2.24, 2.45) is 11.1 Å². The van der Waals surface area contributed by atoms with Gasteiger partial charge in [-0.3, -0.25) is 0 Å². The van der Waals surface area contributed by atoms with Crippen LogP contribution in [0.4, 0.5) is 11.6 Å². The van der Waals surface area contributed by atoms with Gasteiger partial charge < -0.3 is 15.0 Å². The van der Waals surface area contributed by atoms with Crippen LogP contribution in [-0.4, -0.2) is 49.0 Å². The zero-order valence-electron chi connectivity index (χ0n) is 18.4. The maximum absolute atomic E-state index is 11.4. The predicted octanol–water partition coefficient (Wildman–Crippen LogP) is 3.52. The number of aromatic nitrogens is 2. The molecule has 0 atom stereocenters. The van der Waals surface area contributed by atoms with Crippen LogP contribution in [0.5, 0.6) is 5.75 Å². The van der Waals surface area contributed by atoms with E-state index in [1.165, 1.54) is 12.1 Å². The molecule has 4 rings (SSSR count). The van der Waals surface area contributed by atoms with Gasteiger partial charge in [-0.1, -0.05) is 26.0 Å². The quantitative estimate of drug-likeness (QED) is 0.561. The maximum Gasteiger partial charge on any atom is 0.238 e. The Labute approximate surface area is 188 Å². The van der Waals surface area contributed by atoms with Crippen molar-refractivity contribution in [3.05, 3.63) is 48.7 Å². The number of sulfonamides is 1. The van der Waals surface area contributed by atoms with Gasteiger partial charge in [0.2, 0.25) is 16.0 Å². The first kappa shape index (κ1) is 22.4. The van der Waals surface area contributed by atoms with Crippen LogP contribution in [0, 0.1) is 5.92 Å². The fraction of sp³-hybridized carbons (Fsp3) is 0.391. The highest BCUT2D eigenvalue weighted by molar-refractivity contribution is 7.89. The maximum atomic E-state index is 11.4. The number of nitrogens with zero attached hydrogens (tertiary/aromatic N) is 3. The summed E-state index contributed by atoms with van der Waals surface area (Å²) >= 11 is 0. The third-order valence-corrected chi connectivity index (χ3v) is 6.39. The molecule has 9 heteroatoms. The molecule has 3 N–H and O–H groups in total. The second kappa shape index (κ2) is 9.40. The number of nitrogens with two attached hydrogens (primary N) is 1. The summed E-state index contributed by atoms with van der Waals surface area (Å²) in [4.78, 5) is 11.6. The minimum Gasteiger partial charge on any atom is -0.488 e. The molecule has 2 heterocycles. The first-order chi connectivity index (χ1) is 15.3. The average molecular weight is 456 g/mol. The lowest BCUT2D eigenvalue weighted by Crippen LogP contribution is -2.39. The van der Waals surface area contributed by atoms with E-state index in [1.807, 2.05) is 18.2 Å². The number of rotatable bonds is 7. The van der Waals surface area contributed by atoms with E-state index in [-0.39, 0.29) is 11.0 Å². The van der Waals surface area contributed by atoms with E-state index in [0.717, 1.165) is 49.1 Å². The number of fused-ring (bicyclic) bond motifs is 1. The fourth-order valence-electron chi connectivity index (χ4n) is 3.95. The highest BCUT2D eigenvalue weighted by Crippen LogP contribution is 2.28. The Balaban J connectivity index is 1.49. The Hall–Kier alpha value is -2.75. The van der Waals surface area contributed by atoms with Crippen molar-refractivity contribution in [3.63, 3.8) is 0 Å². The van der Waals surface area contributed by atoms with E-state index >= 15 is 0 Å². The number of primary sulfonamides is 1. The van der Waals surface area contributed by atoms with Crippen molar-refractivity contribution >= 4 is 32.6 Å². The van der Waals surface area contributed by atoms with Crippen molar-refractivity contribution in [1.29, 1.82) is 0 Å². The molecule has 0 unspecified atom stereocenters. The van der Waals surface area contributed by atoms with Crippen LogP contribution >= 0.6 is 0 Å². The molecule has 0 saturated carbocycles. The monoisotopic (exact) mass is 455 g/mol. The SMILES string of the molecule is CC(C)CN1CCC(Oc2cccc3cnc(Nc4ccc(S(N)(=O)=O)cc4)nc23)CC1. The number of para-hydroxylation sites is 1. The molecule has 32 heavy (non-hydrogen) atoms. The number of hydrogen-bond acceptors (Lipinski definition) is 7. The summed E-state index contributed by atoms with van der Waals surface area (Å²) in [5.74, 6) is 1.83. The molecule has 1 saturated heterocycles. The second-order valence-corrected chi connectivity index (χ2v) is 10.2. The Kier molecular flexibility index (Phi) is 6.59. The van der Waals surface area contributed by atoms with Gasteiger partial charge in [-0.05, 0) is 49.1 Å². The Morgan fingerprint density at radius 2 is 1.88 bits per heavy atom. The molecule has 1 aliphatic heterocycles. The van der Waals surface area contributed by atoms with Crippen molar-refractivity contribution in [1.82, 2.24) is 14.9 Å². The fourth-order valence-corrected chi connectivity index (χ4v) is 4.46. The number of ether oxygens (including phenoxy) is 1. The summed E-state index contributed by atoms with van der Waals surface area (Å²) in [6.45, 7) is 7.71. The lowest BCUT2D eigenvalue weighted by atomic mass is 10.1. The number of benzene rings is 2. The third kappa shape index (κ3) is 5.53. The molecule has 0 amide bonds. The smallest absolute Gasteiger partial charge is 0.238 e.